The molecule has 2 aromatic heterocycles. The molecule has 0 unspecified atom stereocenters. The van der Waals surface area contributed by atoms with Crippen LogP contribution in [-0.4, -0.2) is 20.2 Å². The number of aromatic amines is 1. The van der Waals surface area contributed by atoms with Gasteiger partial charge in [-0.25, -0.2) is 4.98 Å². The zero-order valence-electron chi connectivity index (χ0n) is 8.15. The summed E-state index contributed by atoms with van der Waals surface area (Å²) in [6.45, 7) is 0. The van der Waals surface area contributed by atoms with Crippen LogP contribution >= 0.6 is 35.0 Å². The maximum atomic E-state index is 11.2. The summed E-state index contributed by atoms with van der Waals surface area (Å²) in [5.74, 6) is 0.125. The Kier molecular flexibility index (Phi) is 3.51. The zero-order chi connectivity index (χ0) is 12.4. The Bertz CT molecular complexity index is 617. The second kappa shape index (κ2) is 4.91. The molecular formula is C8H5Cl2N5OS. The van der Waals surface area contributed by atoms with Crippen LogP contribution in [0.1, 0.15) is 0 Å². The van der Waals surface area contributed by atoms with E-state index in [2.05, 4.69) is 20.2 Å². The molecule has 3 N–H and O–H groups in total. The second-order valence-electron chi connectivity index (χ2n) is 2.90. The molecule has 6 nitrogen and oxygen atoms in total. The Morgan fingerprint density at radius 3 is 2.76 bits per heavy atom. The van der Waals surface area contributed by atoms with E-state index < -0.39 is 0 Å². The molecule has 2 aromatic rings. The minimum Gasteiger partial charge on any atom is -0.383 e. The van der Waals surface area contributed by atoms with Gasteiger partial charge in [0.2, 0.25) is 0 Å². The third-order valence-electron chi connectivity index (χ3n) is 1.63. The first-order valence-corrected chi connectivity index (χ1v) is 5.85. The van der Waals surface area contributed by atoms with Crippen LogP contribution in [0, 0.1) is 0 Å². The van der Waals surface area contributed by atoms with Crippen LogP contribution in [0.3, 0.4) is 0 Å². The van der Waals surface area contributed by atoms with Gasteiger partial charge in [0, 0.05) is 6.07 Å². The summed E-state index contributed by atoms with van der Waals surface area (Å²) in [6.07, 6.45) is 0. The van der Waals surface area contributed by atoms with Crippen molar-refractivity contribution >= 4 is 40.8 Å². The number of hydrogen-bond acceptors (Lipinski definition) is 6. The Labute approximate surface area is 110 Å². The second-order valence-corrected chi connectivity index (χ2v) is 4.68. The number of rotatable bonds is 2. The van der Waals surface area contributed by atoms with Crippen molar-refractivity contribution in [1.29, 1.82) is 0 Å². The first kappa shape index (κ1) is 12.2. The fraction of sp³-hybridized carbons (Fsp3) is 0. The number of aromatic nitrogens is 4. The topological polar surface area (TPSA) is 97.6 Å². The molecule has 0 fully saturated rings. The lowest BCUT2D eigenvalue weighted by atomic mass is 10.6. The summed E-state index contributed by atoms with van der Waals surface area (Å²) < 4.78 is 0. The highest BCUT2D eigenvalue weighted by Crippen LogP contribution is 2.30. The number of anilines is 1. The van der Waals surface area contributed by atoms with Gasteiger partial charge in [-0.3, -0.25) is 4.79 Å². The Hall–Kier alpha value is -1.31. The van der Waals surface area contributed by atoms with Gasteiger partial charge in [-0.1, -0.05) is 23.2 Å². The van der Waals surface area contributed by atoms with Gasteiger partial charge < -0.3 is 10.7 Å². The highest BCUT2D eigenvalue weighted by Gasteiger charge is 2.08. The molecular weight excluding hydrogens is 285 g/mol. The fourth-order valence-corrected chi connectivity index (χ4v) is 2.24. The molecule has 0 bridgehead atoms. The summed E-state index contributed by atoms with van der Waals surface area (Å²) in [6, 6.07) is 2.70. The molecule has 0 saturated carbocycles. The molecule has 0 amide bonds. The van der Waals surface area contributed by atoms with Crippen molar-refractivity contribution in [1.82, 2.24) is 20.2 Å². The van der Waals surface area contributed by atoms with Crippen LogP contribution in [0.25, 0.3) is 0 Å². The monoisotopic (exact) mass is 289 g/mol. The van der Waals surface area contributed by atoms with Crippen LogP contribution in [-0.2, 0) is 0 Å². The first-order chi connectivity index (χ1) is 8.04. The summed E-state index contributed by atoms with van der Waals surface area (Å²) in [7, 11) is 0. The Morgan fingerprint density at radius 1 is 1.29 bits per heavy atom. The van der Waals surface area contributed by atoms with Crippen LogP contribution in [0.5, 0.6) is 0 Å². The standard InChI is InChI=1S/C8H5Cl2N5OS/c9-4-1-3(7(10)15-14-4)17-8-12-5(11)2-6(16)13-8/h1-2H,(H3,11,12,13,16). The van der Waals surface area contributed by atoms with E-state index in [1.807, 2.05) is 0 Å². The molecule has 2 rings (SSSR count). The van der Waals surface area contributed by atoms with E-state index in [9.17, 15) is 4.79 Å². The maximum Gasteiger partial charge on any atom is 0.253 e. The predicted molar refractivity (Wildman–Crippen MR) is 65.4 cm³/mol. The molecule has 0 aliphatic carbocycles. The fourth-order valence-electron chi connectivity index (χ4n) is 1.01. The molecule has 0 radical (unpaired) electrons. The number of nitrogen functional groups attached to an aromatic ring is 1. The molecule has 9 heteroatoms. The van der Waals surface area contributed by atoms with Gasteiger partial charge in [0.15, 0.2) is 15.5 Å². The van der Waals surface area contributed by atoms with Gasteiger partial charge in [0.25, 0.3) is 5.56 Å². The highest BCUT2D eigenvalue weighted by molar-refractivity contribution is 7.99. The van der Waals surface area contributed by atoms with E-state index in [0.29, 0.717) is 10.1 Å². The molecule has 88 valence electrons. The van der Waals surface area contributed by atoms with Gasteiger partial charge in [-0.05, 0) is 17.8 Å². The molecule has 0 aliphatic rings. The van der Waals surface area contributed by atoms with Crippen molar-refractivity contribution in [2.24, 2.45) is 0 Å². The summed E-state index contributed by atoms with van der Waals surface area (Å²) in [5.41, 5.74) is 5.11. The number of hydrogen-bond donors (Lipinski definition) is 2. The number of H-pyrrole nitrogens is 1. The average molecular weight is 290 g/mol. The lowest BCUT2D eigenvalue weighted by molar-refractivity contribution is 0.940. The lowest BCUT2D eigenvalue weighted by Gasteiger charge is -2.02. The number of nitrogens with zero attached hydrogens (tertiary/aromatic N) is 3. The quantitative estimate of drug-likeness (QED) is 0.815. The van der Waals surface area contributed by atoms with Crippen molar-refractivity contribution in [2.75, 3.05) is 5.73 Å². The smallest absolute Gasteiger partial charge is 0.253 e. The minimum atomic E-state index is -0.343. The largest absolute Gasteiger partial charge is 0.383 e. The number of nitrogens with two attached hydrogens (primary N) is 1. The molecule has 2 heterocycles. The van der Waals surface area contributed by atoms with Crippen LogP contribution < -0.4 is 11.3 Å². The minimum absolute atomic E-state index is 0.125. The molecule has 0 aromatic carbocycles. The van der Waals surface area contributed by atoms with Gasteiger partial charge in [-0.2, -0.15) is 0 Å². The molecule has 0 spiro atoms. The normalized spacial score (nSPS) is 10.5. The summed E-state index contributed by atoms with van der Waals surface area (Å²) in [5, 5.41) is 7.88. The van der Waals surface area contributed by atoms with E-state index in [1.165, 1.54) is 12.1 Å². The molecule has 17 heavy (non-hydrogen) atoms. The van der Waals surface area contributed by atoms with Crippen LogP contribution in [0.4, 0.5) is 5.82 Å². The number of halogens is 2. The first-order valence-electron chi connectivity index (χ1n) is 4.28. The Balaban J connectivity index is 2.37. The molecule has 0 aliphatic heterocycles. The van der Waals surface area contributed by atoms with Crippen molar-refractivity contribution < 1.29 is 0 Å². The maximum absolute atomic E-state index is 11.2. The zero-order valence-corrected chi connectivity index (χ0v) is 10.5. The van der Waals surface area contributed by atoms with Crippen LogP contribution in [0.15, 0.2) is 27.0 Å². The predicted octanol–water partition coefficient (Wildman–Crippen LogP) is 1.60. The van der Waals surface area contributed by atoms with E-state index in [4.69, 9.17) is 28.9 Å². The Morgan fingerprint density at radius 2 is 2.06 bits per heavy atom. The van der Waals surface area contributed by atoms with Crippen LogP contribution in [0.2, 0.25) is 10.3 Å². The summed E-state index contributed by atoms with van der Waals surface area (Å²) in [4.78, 5) is 18.2. The highest BCUT2D eigenvalue weighted by atomic mass is 35.5. The lowest BCUT2D eigenvalue weighted by Crippen LogP contribution is -2.09. The molecule has 0 saturated heterocycles. The van der Waals surface area contributed by atoms with E-state index in [1.54, 1.807) is 0 Å². The SMILES string of the molecule is Nc1cc(=O)[nH]c(Sc2cc(Cl)nnc2Cl)n1. The van der Waals surface area contributed by atoms with Gasteiger partial charge in [-0.15, -0.1) is 10.2 Å². The van der Waals surface area contributed by atoms with Crippen molar-refractivity contribution in [3.63, 3.8) is 0 Å². The molecule has 0 atom stereocenters. The average Bonchev–Trinajstić information content (AvgIpc) is 2.22. The van der Waals surface area contributed by atoms with Crippen molar-refractivity contribution in [3.05, 3.63) is 32.8 Å². The van der Waals surface area contributed by atoms with E-state index >= 15 is 0 Å². The van der Waals surface area contributed by atoms with Gasteiger partial charge in [0.1, 0.15) is 5.82 Å². The summed E-state index contributed by atoms with van der Waals surface area (Å²) >= 11 is 12.6. The van der Waals surface area contributed by atoms with E-state index in [0.717, 1.165) is 11.8 Å². The van der Waals surface area contributed by atoms with E-state index in [-0.39, 0.29) is 21.7 Å². The third-order valence-corrected chi connectivity index (χ3v) is 3.13. The van der Waals surface area contributed by atoms with Crippen molar-refractivity contribution in [2.45, 2.75) is 10.1 Å². The van der Waals surface area contributed by atoms with Crippen molar-refractivity contribution in [3.8, 4) is 0 Å². The number of nitrogens with one attached hydrogen (secondary N) is 1. The van der Waals surface area contributed by atoms with Gasteiger partial charge >= 0.3 is 0 Å². The third kappa shape index (κ3) is 3.09. The van der Waals surface area contributed by atoms with Gasteiger partial charge in [0.05, 0.1) is 4.90 Å².